The van der Waals surface area contributed by atoms with Crippen molar-refractivity contribution in [2.45, 2.75) is 40.2 Å². The van der Waals surface area contributed by atoms with E-state index in [2.05, 4.69) is 0 Å². The first-order valence-electron chi connectivity index (χ1n) is 8.81. The van der Waals surface area contributed by atoms with Crippen LogP contribution in [0.5, 0.6) is 5.75 Å². The fourth-order valence-corrected chi connectivity index (χ4v) is 3.17. The first-order chi connectivity index (χ1) is 12.9. The third kappa shape index (κ3) is 3.87. The van der Waals surface area contributed by atoms with E-state index >= 15 is 0 Å². The number of aryl methyl sites for hydroxylation is 3. The lowest BCUT2D eigenvalue weighted by Crippen LogP contribution is -2.24. The number of aliphatic carboxylic acids is 1. The van der Waals surface area contributed by atoms with Gasteiger partial charge in [-0.25, -0.2) is 4.79 Å². The minimum Gasteiger partial charge on any atom is -0.550 e. The number of rotatable bonds is 6. The zero-order chi connectivity index (χ0) is 19.6. The van der Waals surface area contributed by atoms with Gasteiger partial charge in [-0.15, -0.1) is 0 Å². The van der Waals surface area contributed by atoms with Gasteiger partial charge in [0.1, 0.15) is 17.9 Å². The minimum absolute atomic E-state index is 0.0943. The van der Waals surface area contributed by atoms with Crippen molar-refractivity contribution in [2.24, 2.45) is 0 Å². The Morgan fingerprint density at radius 1 is 1.07 bits per heavy atom. The second-order valence-electron chi connectivity index (χ2n) is 6.65. The molecule has 140 valence electrons. The Morgan fingerprint density at radius 2 is 1.81 bits per heavy atom. The number of hydrogen-bond acceptors (Lipinski definition) is 5. The van der Waals surface area contributed by atoms with Crippen molar-refractivity contribution in [3.8, 4) is 5.75 Å². The maximum Gasteiger partial charge on any atom is 0.339 e. The Balaban J connectivity index is 1.95. The molecule has 1 heterocycles. The maximum absolute atomic E-state index is 12.3. The van der Waals surface area contributed by atoms with Crippen LogP contribution >= 0.6 is 0 Å². The molecule has 0 aliphatic heterocycles. The summed E-state index contributed by atoms with van der Waals surface area (Å²) in [6.07, 6.45) is -0.120. The van der Waals surface area contributed by atoms with Gasteiger partial charge in [0.15, 0.2) is 0 Å². The quantitative estimate of drug-likeness (QED) is 0.628. The Labute approximate surface area is 157 Å². The second-order valence-corrected chi connectivity index (χ2v) is 6.65. The third-order valence-electron chi connectivity index (χ3n) is 4.88. The van der Waals surface area contributed by atoms with E-state index in [0.717, 1.165) is 27.6 Å². The van der Waals surface area contributed by atoms with Gasteiger partial charge >= 0.3 is 5.63 Å². The molecule has 3 aromatic rings. The van der Waals surface area contributed by atoms with Gasteiger partial charge in [-0.2, -0.15) is 0 Å². The molecule has 3 rings (SSSR count). The molecule has 0 radical (unpaired) electrons. The Bertz CT molecular complexity index is 1060. The highest BCUT2D eigenvalue weighted by Gasteiger charge is 2.15. The number of benzene rings is 2. The fraction of sp³-hybridized carbons (Fsp3) is 0.273. The molecule has 0 aliphatic carbocycles. The van der Waals surface area contributed by atoms with Crippen molar-refractivity contribution in [3.63, 3.8) is 0 Å². The first kappa shape index (κ1) is 18.7. The summed E-state index contributed by atoms with van der Waals surface area (Å²) < 4.78 is 11.5. The van der Waals surface area contributed by atoms with Crippen molar-refractivity contribution in [1.29, 1.82) is 0 Å². The molecule has 2 aromatic carbocycles. The molecule has 1 aromatic heterocycles. The van der Waals surface area contributed by atoms with Crippen molar-refractivity contribution < 1.29 is 19.1 Å². The van der Waals surface area contributed by atoms with Crippen molar-refractivity contribution >= 4 is 16.9 Å². The number of fused-ring (bicyclic) bond motifs is 1. The summed E-state index contributed by atoms with van der Waals surface area (Å²) in [7, 11) is 0. The molecule has 0 fully saturated rings. The molecule has 0 N–H and O–H groups in total. The zero-order valence-corrected chi connectivity index (χ0v) is 15.6. The maximum atomic E-state index is 12.3. The van der Waals surface area contributed by atoms with E-state index in [1.807, 2.05) is 50.2 Å². The summed E-state index contributed by atoms with van der Waals surface area (Å²) >= 11 is 0. The van der Waals surface area contributed by atoms with Crippen LogP contribution in [-0.4, -0.2) is 5.97 Å². The third-order valence-corrected chi connectivity index (χ3v) is 4.88. The number of carboxylic acid groups (broad SMARTS) is 1. The van der Waals surface area contributed by atoms with Crippen LogP contribution in [0, 0.1) is 20.8 Å². The number of hydrogen-bond donors (Lipinski definition) is 0. The van der Waals surface area contributed by atoms with Gasteiger partial charge < -0.3 is 19.1 Å². The van der Waals surface area contributed by atoms with Crippen LogP contribution in [0.3, 0.4) is 0 Å². The van der Waals surface area contributed by atoms with E-state index in [4.69, 9.17) is 9.15 Å². The van der Waals surface area contributed by atoms with E-state index in [1.165, 1.54) is 0 Å². The SMILES string of the molecule is Cc1ccccc1COc1ccc2c(C)c(CCC(=O)[O-])c(=O)oc2c1C. The molecule has 0 atom stereocenters. The van der Waals surface area contributed by atoms with Crippen LogP contribution in [-0.2, 0) is 17.8 Å². The van der Waals surface area contributed by atoms with Gasteiger partial charge in [0.2, 0.25) is 0 Å². The summed E-state index contributed by atoms with van der Waals surface area (Å²) in [5.74, 6) is -0.541. The van der Waals surface area contributed by atoms with E-state index < -0.39 is 11.6 Å². The van der Waals surface area contributed by atoms with Crippen LogP contribution in [0.1, 0.15) is 34.2 Å². The Morgan fingerprint density at radius 3 is 2.52 bits per heavy atom. The average molecular weight is 365 g/mol. The summed E-state index contributed by atoms with van der Waals surface area (Å²) in [5, 5.41) is 11.5. The lowest BCUT2D eigenvalue weighted by Gasteiger charge is -2.14. The highest BCUT2D eigenvalue weighted by molar-refractivity contribution is 5.85. The molecule has 0 unspecified atom stereocenters. The molecular weight excluding hydrogens is 344 g/mol. The monoisotopic (exact) mass is 365 g/mol. The van der Waals surface area contributed by atoms with Crippen LogP contribution in [0.25, 0.3) is 11.0 Å². The molecule has 0 aliphatic rings. The van der Waals surface area contributed by atoms with Crippen molar-refractivity contribution in [3.05, 3.63) is 74.6 Å². The lowest BCUT2D eigenvalue weighted by molar-refractivity contribution is -0.305. The fourth-order valence-electron chi connectivity index (χ4n) is 3.17. The largest absolute Gasteiger partial charge is 0.550 e. The molecule has 0 spiro atoms. The van der Waals surface area contributed by atoms with Crippen LogP contribution < -0.4 is 15.5 Å². The molecule has 0 bridgehead atoms. The highest BCUT2D eigenvalue weighted by Crippen LogP contribution is 2.30. The van der Waals surface area contributed by atoms with E-state index in [9.17, 15) is 14.7 Å². The molecule has 0 saturated heterocycles. The zero-order valence-electron chi connectivity index (χ0n) is 15.6. The summed E-state index contributed by atoms with van der Waals surface area (Å²) in [4.78, 5) is 23.0. The topological polar surface area (TPSA) is 79.6 Å². The number of carbonyl (C=O) groups excluding carboxylic acids is 1. The highest BCUT2D eigenvalue weighted by atomic mass is 16.5. The number of carbonyl (C=O) groups is 1. The molecule has 5 nitrogen and oxygen atoms in total. The van der Waals surface area contributed by atoms with Gasteiger partial charge in [-0.1, -0.05) is 24.3 Å². The van der Waals surface area contributed by atoms with Gasteiger partial charge in [-0.3, -0.25) is 0 Å². The molecule has 5 heteroatoms. The van der Waals surface area contributed by atoms with E-state index in [-0.39, 0.29) is 12.8 Å². The average Bonchev–Trinajstić information content (AvgIpc) is 2.62. The normalized spacial score (nSPS) is 10.9. The van der Waals surface area contributed by atoms with Crippen molar-refractivity contribution in [2.75, 3.05) is 0 Å². The first-order valence-corrected chi connectivity index (χ1v) is 8.81. The summed E-state index contributed by atoms with van der Waals surface area (Å²) in [5.41, 5.74) is 4.05. The van der Waals surface area contributed by atoms with Gasteiger partial charge in [-0.05, 0) is 62.4 Å². The molecule has 0 saturated carbocycles. The minimum atomic E-state index is -1.19. The summed E-state index contributed by atoms with van der Waals surface area (Å²) in [6.45, 7) is 6.10. The Kier molecular flexibility index (Phi) is 5.31. The predicted octanol–water partition coefficient (Wildman–Crippen LogP) is 2.98. The van der Waals surface area contributed by atoms with Crippen LogP contribution in [0.2, 0.25) is 0 Å². The standard InChI is InChI=1S/C22H22O5/c1-13-6-4-5-7-16(13)12-26-19-10-8-17-14(2)18(9-11-20(23)24)22(25)27-21(17)15(19)3/h4-8,10H,9,11-12H2,1-3H3,(H,23,24)/p-1. The Hall–Kier alpha value is -3.08. The van der Waals surface area contributed by atoms with Crippen LogP contribution in [0.15, 0.2) is 45.6 Å². The number of ether oxygens (including phenoxy) is 1. The van der Waals surface area contributed by atoms with Crippen molar-refractivity contribution in [1.82, 2.24) is 0 Å². The lowest BCUT2D eigenvalue weighted by atomic mass is 10.0. The van der Waals surface area contributed by atoms with Crippen LogP contribution in [0.4, 0.5) is 0 Å². The second kappa shape index (κ2) is 7.66. The molecular formula is C22H21O5-. The molecule has 0 amide bonds. The predicted molar refractivity (Wildman–Crippen MR) is 101 cm³/mol. The number of carboxylic acids is 1. The van der Waals surface area contributed by atoms with Gasteiger partial charge in [0, 0.05) is 22.5 Å². The summed E-state index contributed by atoms with van der Waals surface area (Å²) in [6, 6.07) is 11.7. The van der Waals surface area contributed by atoms with E-state index in [1.54, 1.807) is 6.92 Å². The van der Waals surface area contributed by atoms with Gasteiger partial charge in [0.05, 0.1) is 0 Å². The van der Waals surface area contributed by atoms with E-state index in [0.29, 0.717) is 23.5 Å². The van der Waals surface area contributed by atoms with Gasteiger partial charge in [0.25, 0.3) is 0 Å². The molecule has 27 heavy (non-hydrogen) atoms. The smallest absolute Gasteiger partial charge is 0.339 e.